The van der Waals surface area contributed by atoms with Crippen molar-refractivity contribution in [2.24, 2.45) is 0 Å². The highest BCUT2D eigenvalue weighted by Crippen LogP contribution is 2.33. The van der Waals surface area contributed by atoms with Crippen LogP contribution in [0.5, 0.6) is 0 Å². The minimum Gasteiger partial charge on any atom is -0.440 e. The van der Waals surface area contributed by atoms with Crippen molar-refractivity contribution >= 4 is 11.9 Å². The predicted molar refractivity (Wildman–Crippen MR) is 62.9 cm³/mol. The maximum absolute atomic E-state index is 12.8. The van der Waals surface area contributed by atoms with E-state index in [2.05, 4.69) is 10.3 Å². The topological polar surface area (TPSA) is 54.5 Å². The molecule has 3 rings (SSSR count). The summed E-state index contributed by atoms with van der Waals surface area (Å²) in [7, 11) is 0. The molecule has 0 saturated carbocycles. The van der Waals surface area contributed by atoms with Gasteiger partial charge in [-0.3, -0.25) is 4.90 Å². The van der Waals surface area contributed by atoms with Crippen molar-refractivity contribution in [1.82, 2.24) is 10.3 Å². The van der Waals surface area contributed by atoms with E-state index in [1.165, 1.54) is 17.0 Å². The fourth-order valence-electron chi connectivity index (χ4n) is 2.47. The average molecular weight is 251 g/mol. The van der Waals surface area contributed by atoms with Gasteiger partial charge in [-0.2, -0.15) is 0 Å². The molecule has 0 unspecified atom stereocenters. The van der Waals surface area contributed by atoms with Crippen LogP contribution in [-0.2, 0) is 4.74 Å². The normalized spacial score (nSPS) is 22.3. The zero-order chi connectivity index (χ0) is 12.6. The van der Waals surface area contributed by atoms with E-state index in [4.69, 9.17) is 4.74 Å². The number of carbonyl (C=O) groups is 1. The lowest BCUT2D eigenvalue weighted by atomic mass is 9.92. The van der Waals surface area contributed by atoms with E-state index in [1.807, 2.05) is 0 Å². The highest BCUT2D eigenvalue weighted by atomic mass is 19.1. The van der Waals surface area contributed by atoms with E-state index in [1.54, 1.807) is 0 Å². The van der Waals surface area contributed by atoms with Gasteiger partial charge >= 0.3 is 6.09 Å². The summed E-state index contributed by atoms with van der Waals surface area (Å²) in [6.07, 6.45) is 2.32. The molecule has 18 heavy (non-hydrogen) atoms. The number of pyridine rings is 1. The molecule has 0 radical (unpaired) electrons. The van der Waals surface area contributed by atoms with Crippen LogP contribution in [0.3, 0.4) is 0 Å². The van der Waals surface area contributed by atoms with Crippen molar-refractivity contribution in [3.63, 3.8) is 0 Å². The molecule has 2 saturated heterocycles. The first kappa shape index (κ1) is 11.4. The molecule has 0 bridgehead atoms. The van der Waals surface area contributed by atoms with Gasteiger partial charge in [0.1, 0.15) is 17.2 Å². The molecule has 1 aromatic rings. The lowest BCUT2D eigenvalue weighted by Gasteiger charge is -2.31. The Morgan fingerprint density at radius 1 is 1.39 bits per heavy atom. The Kier molecular flexibility index (Phi) is 2.66. The monoisotopic (exact) mass is 251 g/mol. The van der Waals surface area contributed by atoms with Gasteiger partial charge in [0, 0.05) is 12.8 Å². The molecular weight excluding hydrogens is 237 g/mol. The molecule has 2 fully saturated rings. The molecule has 0 aromatic carbocycles. The van der Waals surface area contributed by atoms with E-state index < -0.39 is 17.5 Å². The van der Waals surface area contributed by atoms with Crippen molar-refractivity contribution in [3.05, 3.63) is 24.1 Å². The van der Waals surface area contributed by atoms with Gasteiger partial charge in [-0.15, -0.1) is 0 Å². The summed E-state index contributed by atoms with van der Waals surface area (Å²) in [6, 6.07) is 2.79. The number of hydrogen-bond acceptors (Lipinski definition) is 4. The number of aromatic nitrogens is 1. The van der Waals surface area contributed by atoms with Crippen molar-refractivity contribution in [1.29, 1.82) is 0 Å². The third-order valence-corrected chi connectivity index (χ3v) is 3.47. The van der Waals surface area contributed by atoms with Crippen LogP contribution in [0.2, 0.25) is 0 Å². The van der Waals surface area contributed by atoms with Gasteiger partial charge in [0.15, 0.2) is 0 Å². The number of nitrogens with zero attached hydrogens (tertiary/aromatic N) is 2. The second-order valence-electron chi connectivity index (χ2n) is 4.72. The maximum atomic E-state index is 12.8. The molecule has 5 nitrogen and oxygen atoms in total. The Balaban J connectivity index is 1.82. The highest BCUT2D eigenvalue weighted by Gasteiger charge is 2.46. The molecule has 3 heterocycles. The van der Waals surface area contributed by atoms with Gasteiger partial charge in [0.05, 0.1) is 12.7 Å². The largest absolute Gasteiger partial charge is 0.440 e. The van der Waals surface area contributed by atoms with Crippen molar-refractivity contribution in [2.45, 2.75) is 18.4 Å². The van der Waals surface area contributed by atoms with Crippen LogP contribution in [0.1, 0.15) is 12.8 Å². The molecule has 2 aliphatic rings. The fourth-order valence-corrected chi connectivity index (χ4v) is 2.47. The molecule has 1 N–H and O–H groups in total. The van der Waals surface area contributed by atoms with Gasteiger partial charge in [0.2, 0.25) is 0 Å². The third-order valence-electron chi connectivity index (χ3n) is 3.47. The van der Waals surface area contributed by atoms with Crippen LogP contribution in [-0.4, -0.2) is 36.3 Å². The Hall–Kier alpha value is -1.69. The first-order valence-corrected chi connectivity index (χ1v) is 6.01. The van der Waals surface area contributed by atoms with E-state index >= 15 is 0 Å². The van der Waals surface area contributed by atoms with Gasteiger partial charge < -0.3 is 10.1 Å². The third kappa shape index (κ3) is 1.92. The van der Waals surface area contributed by atoms with Gasteiger partial charge in [-0.1, -0.05) is 0 Å². The number of hydrogen-bond donors (Lipinski definition) is 1. The zero-order valence-corrected chi connectivity index (χ0v) is 9.86. The van der Waals surface area contributed by atoms with Crippen LogP contribution in [0.4, 0.5) is 15.0 Å². The van der Waals surface area contributed by atoms with Gasteiger partial charge in [-0.25, -0.2) is 14.2 Å². The Morgan fingerprint density at radius 2 is 2.17 bits per heavy atom. The molecule has 6 heteroatoms. The van der Waals surface area contributed by atoms with E-state index in [0.717, 1.165) is 32.1 Å². The van der Waals surface area contributed by atoms with Crippen LogP contribution in [0, 0.1) is 5.82 Å². The summed E-state index contributed by atoms with van der Waals surface area (Å²) in [6.45, 7) is 2.18. The number of anilines is 1. The lowest BCUT2D eigenvalue weighted by Crippen LogP contribution is -2.44. The number of ether oxygens (including phenoxy) is 1. The summed E-state index contributed by atoms with van der Waals surface area (Å²) in [5.41, 5.74) is -0.404. The summed E-state index contributed by atoms with van der Waals surface area (Å²) >= 11 is 0. The lowest BCUT2D eigenvalue weighted by molar-refractivity contribution is 0.0316. The van der Waals surface area contributed by atoms with Crippen LogP contribution < -0.4 is 10.2 Å². The number of piperidine rings is 1. The van der Waals surface area contributed by atoms with E-state index in [-0.39, 0.29) is 0 Å². The minimum atomic E-state index is -0.414. The fraction of sp³-hybridized carbons (Fsp3) is 0.500. The maximum Gasteiger partial charge on any atom is 0.416 e. The zero-order valence-electron chi connectivity index (χ0n) is 9.86. The molecular formula is C12H14FN3O2. The summed E-state index contributed by atoms with van der Waals surface area (Å²) < 4.78 is 18.3. The standard InChI is InChI=1S/C12H14FN3O2/c13-9-1-2-10(15-7-9)16-8-12(18-11(16)17)3-5-14-6-4-12/h1-2,7,14H,3-6,8H2. The number of halogens is 1. The van der Waals surface area contributed by atoms with E-state index in [9.17, 15) is 9.18 Å². The first-order chi connectivity index (χ1) is 8.69. The van der Waals surface area contributed by atoms with Crippen molar-refractivity contribution in [3.8, 4) is 0 Å². The van der Waals surface area contributed by atoms with E-state index in [0.29, 0.717) is 12.4 Å². The van der Waals surface area contributed by atoms with Gasteiger partial charge in [0.25, 0.3) is 0 Å². The molecule has 1 aromatic heterocycles. The number of nitrogens with one attached hydrogen (secondary N) is 1. The SMILES string of the molecule is O=C1OC2(CCNCC2)CN1c1ccc(F)cn1. The summed E-state index contributed by atoms with van der Waals surface area (Å²) in [5.74, 6) is 0.0275. The number of rotatable bonds is 1. The Labute approximate surface area is 104 Å². The van der Waals surface area contributed by atoms with Gasteiger partial charge in [-0.05, 0) is 25.2 Å². The van der Waals surface area contributed by atoms with Crippen molar-refractivity contribution in [2.75, 3.05) is 24.5 Å². The number of carbonyl (C=O) groups excluding carboxylic acids is 1. The molecule has 1 spiro atoms. The Bertz CT molecular complexity index is 457. The van der Waals surface area contributed by atoms with Crippen LogP contribution in [0.15, 0.2) is 18.3 Å². The highest BCUT2D eigenvalue weighted by molar-refractivity contribution is 5.89. The second kappa shape index (κ2) is 4.20. The number of amides is 1. The van der Waals surface area contributed by atoms with Crippen LogP contribution >= 0.6 is 0 Å². The first-order valence-electron chi connectivity index (χ1n) is 6.01. The summed E-state index contributed by atoms with van der Waals surface area (Å²) in [4.78, 5) is 17.3. The smallest absolute Gasteiger partial charge is 0.416 e. The quantitative estimate of drug-likeness (QED) is 0.817. The average Bonchev–Trinajstić information content (AvgIpc) is 2.68. The minimum absolute atomic E-state index is 0.393. The molecule has 0 aliphatic carbocycles. The molecule has 1 amide bonds. The van der Waals surface area contributed by atoms with Crippen LogP contribution in [0.25, 0.3) is 0 Å². The Morgan fingerprint density at radius 3 is 2.83 bits per heavy atom. The predicted octanol–water partition coefficient (Wildman–Crippen LogP) is 1.30. The second-order valence-corrected chi connectivity index (χ2v) is 4.72. The molecule has 96 valence electrons. The molecule has 0 atom stereocenters. The summed E-state index contributed by atoms with van der Waals surface area (Å²) in [5, 5.41) is 3.24. The molecule has 2 aliphatic heterocycles. The van der Waals surface area contributed by atoms with Crippen molar-refractivity contribution < 1.29 is 13.9 Å².